The minimum Gasteiger partial charge on any atom is -0.383 e. The van der Waals surface area contributed by atoms with Gasteiger partial charge in [0, 0.05) is 32.8 Å². The van der Waals surface area contributed by atoms with E-state index in [1.807, 2.05) is 35.0 Å². The van der Waals surface area contributed by atoms with Crippen molar-refractivity contribution in [1.29, 1.82) is 0 Å². The largest absolute Gasteiger partial charge is 0.383 e. The van der Waals surface area contributed by atoms with Crippen LogP contribution in [0.2, 0.25) is 0 Å². The fourth-order valence-corrected chi connectivity index (χ4v) is 4.96. The Morgan fingerprint density at radius 3 is 2.97 bits per heavy atom. The molecule has 1 saturated heterocycles. The standard InChI is InChI=1S/C23H29N5O2/c1-30-14-13-28-22(25-19-8-3-2-7-18(19)23(28)29)20-9-6-11-26(20)16-17-15-24-21-10-4-5-12-27(17)21/h2-3,7-8,15,20H,4-6,9-14,16H2,1H3. The molecule has 0 radical (unpaired) electrons. The molecule has 0 N–H and O–H groups in total. The Labute approximate surface area is 176 Å². The third kappa shape index (κ3) is 3.46. The molecule has 1 atom stereocenters. The topological polar surface area (TPSA) is 65.2 Å². The Morgan fingerprint density at radius 1 is 1.17 bits per heavy atom. The summed E-state index contributed by atoms with van der Waals surface area (Å²) >= 11 is 0. The molecular formula is C23H29N5O2. The van der Waals surface area contributed by atoms with Crippen LogP contribution in [0.1, 0.15) is 49.1 Å². The van der Waals surface area contributed by atoms with Gasteiger partial charge in [0.15, 0.2) is 0 Å². The highest BCUT2D eigenvalue weighted by Gasteiger charge is 2.31. The molecule has 7 nitrogen and oxygen atoms in total. The molecule has 1 fully saturated rings. The lowest BCUT2D eigenvalue weighted by Crippen LogP contribution is -2.33. The fraction of sp³-hybridized carbons (Fsp3) is 0.522. The number of rotatable bonds is 6. The second-order valence-electron chi connectivity index (χ2n) is 8.34. The second kappa shape index (κ2) is 8.32. The summed E-state index contributed by atoms with van der Waals surface area (Å²) in [4.78, 5) is 25.4. The zero-order valence-electron chi connectivity index (χ0n) is 17.6. The first-order valence-electron chi connectivity index (χ1n) is 11.0. The van der Waals surface area contributed by atoms with Crippen LogP contribution in [0.5, 0.6) is 0 Å². The number of imidazole rings is 1. The molecule has 0 aliphatic carbocycles. The van der Waals surface area contributed by atoms with E-state index in [1.165, 1.54) is 24.4 Å². The van der Waals surface area contributed by atoms with Gasteiger partial charge in [0.05, 0.1) is 35.8 Å². The first kappa shape index (κ1) is 19.5. The molecule has 2 aliphatic rings. The lowest BCUT2D eigenvalue weighted by atomic mass is 10.1. The van der Waals surface area contributed by atoms with Crippen LogP contribution in [-0.4, -0.2) is 44.3 Å². The van der Waals surface area contributed by atoms with E-state index in [4.69, 9.17) is 9.72 Å². The Balaban J connectivity index is 1.52. The third-order valence-corrected chi connectivity index (χ3v) is 6.49. The number of methoxy groups -OCH3 is 1. The molecule has 158 valence electrons. The Bertz CT molecular complexity index is 1100. The first-order chi connectivity index (χ1) is 14.8. The van der Waals surface area contributed by atoms with Crippen molar-refractivity contribution in [2.45, 2.75) is 57.8 Å². The lowest BCUT2D eigenvalue weighted by molar-refractivity contribution is 0.178. The second-order valence-corrected chi connectivity index (χ2v) is 8.34. The number of benzene rings is 1. The van der Waals surface area contributed by atoms with Crippen LogP contribution in [0.15, 0.2) is 35.3 Å². The third-order valence-electron chi connectivity index (χ3n) is 6.49. The van der Waals surface area contributed by atoms with Gasteiger partial charge >= 0.3 is 0 Å². The minimum absolute atomic E-state index is 0.0289. The summed E-state index contributed by atoms with van der Waals surface area (Å²) in [5.41, 5.74) is 2.09. The predicted molar refractivity (Wildman–Crippen MR) is 115 cm³/mol. The molecule has 2 aliphatic heterocycles. The van der Waals surface area contributed by atoms with Gasteiger partial charge in [-0.1, -0.05) is 12.1 Å². The van der Waals surface area contributed by atoms with E-state index in [-0.39, 0.29) is 11.6 Å². The number of hydrogen-bond acceptors (Lipinski definition) is 5. The maximum absolute atomic E-state index is 13.3. The van der Waals surface area contributed by atoms with Crippen LogP contribution in [0.3, 0.4) is 0 Å². The summed E-state index contributed by atoms with van der Waals surface area (Å²) in [5.74, 6) is 2.08. The van der Waals surface area contributed by atoms with Crippen LogP contribution in [0, 0.1) is 0 Å². The number of hydrogen-bond donors (Lipinski definition) is 0. The molecular weight excluding hydrogens is 378 g/mol. The summed E-state index contributed by atoms with van der Waals surface area (Å²) in [6.45, 7) is 3.95. The van der Waals surface area contributed by atoms with Crippen molar-refractivity contribution >= 4 is 10.9 Å². The van der Waals surface area contributed by atoms with Gasteiger partial charge in [-0.05, 0) is 44.4 Å². The van der Waals surface area contributed by atoms with E-state index in [2.05, 4.69) is 14.5 Å². The van der Waals surface area contributed by atoms with Crippen LogP contribution >= 0.6 is 0 Å². The molecule has 1 aromatic carbocycles. The maximum atomic E-state index is 13.3. The number of para-hydroxylation sites is 1. The van der Waals surface area contributed by atoms with Crippen molar-refractivity contribution in [2.75, 3.05) is 20.3 Å². The first-order valence-corrected chi connectivity index (χ1v) is 11.0. The van der Waals surface area contributed by atoms with Crippen molar-refractivity contribution in [3.63, 3.8) is 0 Å². The Kier molecular flexibility index (Phi) is 5.39. The molecule has 0 amide bonds. The molecule has 0 saturated carbocycles. The average Bonchev–Trinajstić information content (AvgIpc) is 3.41. The average molecular weight is 408 g/mol. The van der Waals surface area contributed by atoms with Gasteiger partial charge in [0.25, 0.3) is 5.56 Å². The molecule has 7 heteroatoms. The van der Waals surface area contributed by atoms with Crippen LogP contribution in [-0.2, 0) is 30.8 Å². The van der Waals surface area contributed by atoms with Crippen molar-refractivity contribution < 1.29 is 4.74 Å². The molecule has 0 bridgehead atoms. The summed E-state index contributed by atoms with van der Waals surface area (Å²) in [6.07, 6.45) is 7.70. The van der Waals surface area contributed by atoms with Crippen molar-refractivity contribution in [3.05, 3.63) is 58.2 Å². The number of aryl methyl sites for hydroxylation is 1. The van der Waals surface area contributed by atoms with Crippen LogP contribution in [0.4, 0.5) is 0 Å². The van der Waals surface area contributed by atoms with Gasteiger partial charge in [-0.3, -0.25) is 14.3 Å². The van der Waals surface area contributed by atoms with Crippen molar-refractivity contribution in [3.8, 4) is 0 Å². The van der Waals surface area contributed by atoms with Gasteiger partial charge in [0.1, 0.15) is 11.6 Å². The van der Waals surface area contributed by atoms with E-state index in [1.54, 1.807) is 7.11 Å². The normalized spacial score (nSPS) is 19.4. The highest BCUT2D eigenvalue weighted by Crippen LogP contribution is 2.33. The molecule has 30 heavy (non-hydrogen) atoms. The number of fused-ring (bicyclic) bond motifs is 2. The predicted octanol–water partition coefficient (Wildman–Crippen LogP) is 2.91. The van der Waals surface area contributed by atoms with Gasteiger partial charge in [0.2, 0.25) is 0 Å². The summed E-state index contributed by atoms with van der Waals surface area (Å²) in [5, 5.41) is 0.673. The van der Waals surface area contributed by atoms with E-state index in [0.717, 1.165) is 50.2 Å². The van der Waals surface area contributed by atoms with E-state index >= 15 is 0 Å². The highest BCUT2D eigenvalue weighted by atomic mass is 16.5. The van der Waals surface area contributed by atoms with E-state index in [0.29, 0.717) is 18.5 Å². The molecule has 2 aromatic heterocycles. The van der Waals surface area contributed by atoms with Crippen LogP contribution in [0.25, 0.3) is 10.9 Å². The van der Waals surface area contributed by atoms with Gasteiger partial charge in [-0.2, -0.15) is 0 Å². The van der Waals surface area contributed by atoms with E-state index < -0.39 is 0 Å². The quantitative estimate of drug-likeness (QED) is 0.629. The van der Waals surface area contributed by atoms with E-state index in [9.17, 15) is 4.79 Å². The number of likely N-dealkylation sites (tertiary alicyclic amines) is 1. The number of aromatic nitrogens is 4. The summed E-state index contributed by atoms with van der Waals surface area (Å²) < 4.78 is 9.52. The zero-order chi connectivity index (χ0) is 20.5. The molecule has 1 unspecified atom stereocenters. The summed E-state index contributed by atoms with van der Waals surface area (Å²) in [7, 11) is 1.67. The SMILES string of the molecule is COCCn1c(C2CCCN2Cc2cnc3n2CCCC3)nc2ccccc2c1=O. The molecule has 5 rings (SSSR count). The van der Waals surface area contributed by atoms with Crippen LogP contribution < -0.4 is 5.56 Å². The summed E-state index contributed by atoms with van der Waals surface area (Å²) in [6, 6.07) is 7.78. The Morgan fingerprint density at radius 2 is 2.07 bits per heavy atom. The monoisotopic (exact) mass is 407 g/mol. The highest BCUT2D eigenvalue weighted by molar-refractivity contribution is 5.77. The van der Waals surface area contributed by atoms with Gasteiger partial charge < -0.3 is 9.30 Å². The lowest BCUT2D eigenvalue weighted by Gasteiger charge is -2.27. The number of nitrogens with zero attached hydrogens (tertiary/aromatic N) is 5. The van der Waals surface area contributed by atoms with Gasteiger partial charge in [-0.15, -0.1) is 0 Å². The maximum Gasteiger partial charge on any atom is 0.261 e. The molecule has 3 aromatic rings. The van der Waals surface area contributed by atoms with Crippen molar-refractivity contribution in [1.82, 2.24) is 24.0 Å². The zero-order valence-corrected chi connectivity index (χ0v) is 17.6. The minimum atomic E-state index is 0.0289. The smallest absolute Gasteiger partial charge is 0.261 e. The number of ether oxygens (including phenoxy) is 1. The van der Waals surface area contributed by atoms with Crippen molar-refractivity contribution in [2.24, 2.45) is 0 Å². The molecule has 4 heterocycles. The Hall–Kier alpha value is -2.51. The fourth-order valence-electron chi connectivity index (χ4n) is 4.96. The van der Waals surface area contributed by atoms with Gasteiger partial charge in [-0.25, -0.2) is 9.97 Å². The molecule has 0 spiro atoms.